The van der Waals surface area contributed by atoms with Crippen LogP contribution in [0, 0.1) is 6.92 Å². The molecule has 0 aliphatic carbocycles. The zero-order valence-electron chi connectivity index (χ0n) is 20.1. The van der Waals surface area contributed by atoms with Gasteiger partial charge in [-0.1, -0.05) is 23.8 Å². The van der Waals surface area contributed by atoms with Gasteiger partial charge >= 0.3 is 0 Å². The van der Waals surface area contributed by atoms with Gasteiger partial charge in [0.1, 0.15) is 0 Å². The minimum atomic E-state index is -0.0832. The molecule has 184 valence electrons. The number of carbonyl (C=O) groups is 1. The molecular weight excluding hydrogens is 474 g/mol. The molecule has 0 radical (unpaired) electrons. The number of benzene rings is 1. The second-order valence-electron chi connectivity index (χ2n) is 9.86. The number of likely N-dealkylation sites (tertiary alicyclic amines) is 1. The number of carbonyl (C=O) groups excluding carboxylic acids is 1. The van der Waals surface area contributed by atoms with Gasteiger partial charge in [0.05, 0.1) is 58.4 Å². The molecule has 36 heavy (non-hydrogen) atoms. The van der Waals surface area contributed by atoms with Crippen LogP contribution < -0.4 is 4.90 Å². The molecule has 0 saturated carbocycles. The second-order valence-corrected chi connectivity index (χ2v) is 10.9. The lowest BCUT2D eigenvalue weighted by Crippen LogP contribution is -2.72. The van der Waals surface area contributed by atoms with Gasteiger partial charge in [-0.3, -0.25) is 4.79 Å². The van der Waals surface area contributed by atoms with E-state index in [0.717, 1.165) is 63.9 Å². The number of hydrogen-bond donors (Lipinski definition) is 0. The molecule has 4 aromatic rings. The maximum atomic E-state index is 13.4. The third-order valence-corrected chi connectivity index (χ3v) is 8.64. The van der Waals surface area contributed by atoms with E-state index in [0.29, 0.717) is 26.4 Å². The molecule has 8 nitrogen and oxygen atoms in total. The van der Waals surface area contributed by atoms with Crippen LogP contribution in [0.2, 0.25) is 0 Å². The van der Waals surface area contributed by atoms with Crippen LogP contribution in [0.3, 0.4) is 0 Å². The first-order chi connectivity index (χ1) is 17.6. The number of thiophene rings is 1. The summed E-state index contributed by atoms with van der Waals surface area (Å²) in [5, 5.41) is 4.84. The summed E-state index contributed by atoms with van der Waals surface area (Å²) in [5.41, 5.74) is 5.01. The molecule has 9 heteroatoms. The average Bonchev–Trinajstić information content (AvgIpc) is 3.50. The standard InChI is InChI=1S/C27H27N5O3S/c1-18-3-2-4-19(13-18)20-5-7-32(29-20)24-15-22(30-9-11-34-12-10-30)25-21(28-24)14-23(36-25)26(33)31-8-6-27(31)16-35-17-27/h2-5,7,13-15H,6,8-12,16-17H2,1H3. The van der Waals surface area contributed by atoms with E-state index in [9.17, 15) is 4.79 Å². The van der Waals surface area contributed by atoms with Crippen LogP contribution in [0.1, 0.15) is 21.7 Å². The van der Waals surface area contributed by atoms with E-state index in [1.54, 1.807) is 0 Å². The molecule has 3 saturated heterocycles. The Hall–Kier alpha value is -3.27. The van der Waals surface area contributed by atoms with Crippen molar-refractivity contribution in [3.05, 3.63) is 59.1 Å². The smallest absolute Gasteiger partial charge is 0.264 e. The number of aromatic nitrogens is 3. The number of ether oxygens (including phenoxy) is 2. The van der Waals surface area contributed by atoms with E-state index in [-0.39, 0.29) is 11.4 Å². The zero-order chi connectivity index (χ0) is 24.3. The molecule has 3 aliphatic rings. The number of pyridine rings is 1. The molecule has 1 spiro atoms. The van der Waals surface area contributed by atoms with E-state index in [4.69, 9.17) is 19.6 Å². The molecule has 0 bridgehead atoms. The number of anilines is 1. The molecule has 6 heterocycles. The highest BCUT2D eigenvalue weighted by Crippen LogP contribution is 2.41. The Balaban J connectivity index is 1.29. The van der Waals surface area contributed by atoms with Crippen molar-refractivity contribution >= 4 is 33.1 Å². The third-order valence-electron chi connectivity index (χ3n) is 7.51. The van der Waals surface area contributed by atoms with E-state index >= 15 is 0 Å². The Bertz CT molecular complexity index is 1460. The summed E-state index contributed by atoms with van der Waals surface area (Å²) in [5.74, 6) is 0.829. The Kier molecular flexibility index (Phi) is 5.13. The van der Waals surface area contributed by atoms with Crippen molar-refractivity contribution < 1.29 is 14.3 Å². The minimum absolute atomic E-state index is 0.0832. The molecule has 1 amide bonds. The van der Waals surface area contributed by atoms with Crippen LogP contribution in [0.25, 0.3) is 27.3 Å². The molecule has 3 aliphatic heterocycles. The van der Waals surface area contributed by atoms with Gasteiger partial charge in [0.15, 0.2) is 5.82 Å². The maximum absolute atomic E-state index is 13.4. The van der Waals surface area contributed by atoms with Crippen molar-refractivity contribution in [3.8, 4) is 17.1 Å². The summed E-state index contributed by atoms with van der Waals surface area (Å²) >= 11 is 1.54. The topological polar surface area (TPSA) is 72.7 Å². The lowest BCUT2D eigenvalue weighted by molar-refractivity contribution is -0.172. The van der Waals surface area contributed by atoms with Crippen molar-refractivity contribution in [2.24, 2.45) is 0 Å². The SMILES string of the molecule is Cc1cccc(-c2ccn(-c3cc(N4CCOCC4)c4sc(C(=O)N5CCC56COC6)cc4n3)n2)c1. The second kappa shape index (κ2) is 8.40. The largest absolute Gasteiger partial charge is 0.378 e. The minimum Gasteiger partial charge on any atom is -0.378 e. The van der Waals surface area contributed by atoms with Crippen LogP contribution in [-0.4, -0.2) is 77.2 Å². The molecular formula is C27H27N5O3S. The van der Waals surface area contributed by atoms with E-state index in [1.165, 1.54) is 16.9 Å². The quantitative estimate of drug-likeness (QED) is 0.422. The fourth-order valence-corrected chi connectivity index (χ4v) is 6.38. The average molecular weight is 502 g/mol. The molecule has 0 unspecified atom stereocenters. The van der Waals surface area contributed by atoms with Gasteiger partial charge in [-0.15, -0.1) is 11.3 Å². The number of rotatable bonds is 4. The normalized spacial score (nSPS) is 18.9. The van der Waals surface area contributed by atoms with Gasteiger partial charge in [0.25, 0.3) is 5.91 Å². The lowest BCUT2D eigenvalue weighted by Gasteiger charge is -2.57. The lowest BCUT2D eigenvalue weighted by atomic mass is 9.82. The number of hydrogen-bond acceptors (Lipinski definition) is 7. The van der Waals surface area contributed by atoms with Crippen LogP contribution in [0.4, 0.5) is 5.69 Å². The summed E-state index contributed by atoms with van der Waals surface area (Å²) in [6.07, 6.45) is 2.97. The summed E-state index contributed by atoms with van der Waals surface area (Å²) in [7, 11) is 0. The summed E-state index contributed by atoms with van der Waals surface area (Å²) in [4.78, 5) is 23.4. The van der Waals surface area contributed by atoms with Gasteiger partial charge < -0.3 is 19.3 Å². The van der Waals surface area contributed by atoms with Crippen LogP contribution in [0.5, 0.6) is 0 Å². The molecule has 7 rings (SSSR count). The van der Waals surface area contributed by atoms with Crippen LogP contribution >= 0.6 is 11.3 Å². The number of amides is 1. The number of aryl methyl sites for hydroxylation is 1. The summed E-state index contributed by atoms with van der Waals surface area (Å²) < 4.78 is 13.9. The molecule has 3 fully saturated rings. The summed E-state index contributed by atoms with van der Waals surface area (Å²) in [6.45, 7) is 7.15. The fraction of sp³-hybridized carbons (Fsp3) is 0.370. The van der Waals surface area contributed by atoms with Gasteiger partial charge in [-0.2, -0.15) is 5.10 Å². The highest BCUT2D eigenvalue weighted by Gasteiger charge is 2.53. The van der Waals surface area contributed by atoms with E-state index in [1.807, 2.05) is 34.0 Å². The summed E-state index contributed by atoms with van der Waals surface area (Å²) in [6, 6.07) is 14.4. The highest BCUT2D eigenvalue weighted by molar-refractivity contribution is 7.21. The van der Waals surface area contributed by atoms with Crippen molar-refractivity contribution in [3.63, 3.8) is 0 Å². The van der Waals surface area contributed by atoms with Crippen molar-refractivity contribution in [2.45, 2.75) is 18.9 Å². The van der Waals surface area contributed by atoms with Crippen molar-refractivity contribution in [1.29, 1.82) is 0 Å². The molecule has 1 aromatic carbocycles. The highest BCUT2D eigenvalue weighted by atomic mass is 32.1. The van der Waals surface area contributed by atoms with Gasteiger partial charge in [-0.05, 0) is 31.5 Å². The molecule has 3 aromatic heterocycles. The predicted octanol–water partition coefficient (Wildman–Crippen LogP) is 3.91. The predicted molar refractivity (Wildman–Crippen MR) is 139 cm³/mol. The zero-order valence-corrected chi connectivity index (χ0v) is 21.0. The Labute approximate surface area is 213 Å². The first-order valence-electron chi connectivity index (χ1n) is 12.4. The van der Waals surface area contributed by atoms with Crippen LogP contribution in [-0.2, 0) is 9.47 Å². The Morgan fingerprint density at radius 2 is 1.92 bits per heavy atom. The van der Waals surface area contributed by atoms with E-state index < -0.39 is 0 Å². The fourth-order valence-electron chi connectivity index (χ4n) is 5.29. The van der Waals surface area contributed by atoms with E-state index in [2.05, 4.69) is 36.1 Å². The number of nitrogens with zero attached hydrogens (tertiary/aromatic N) is 5. The Morgan fingerprint density at radius 3 is 2.64 bits per heavy atom. The van der Waals surface area contributed by atoms with Gasteiger partial charge in [0.2, 0.25) is 0 Å². The Morgan fingerprint density at radius 1 is 1.06 bits per heavy atom. The maximum Gasteiger partial charge on any atom is 0.264 e. The van der Waals surface area contributed by atoms with Gasteiger partial charge in [0, 0.05) is 37.5 Å². The first kappa shape index (κ1) is 22.0. The first-order valence-corrected chi connectivity index (χ1v) is 13.2. The third kappa shape index (κ3) is 3.53. The molecule has 0 N–H and O–H groups in total. The van der Waals surface area contributed by atoms with Crippen molar-refractivity contribution in [1.82, 2.24) is 19.7 Å². The molecule has 0 atom stereocenters. The van der Waals surface area contributed by atoms with Crippen LogP contribution in [0.15, 0.2) is 48.7 Å². The van der Waals surface area contributed by atoms with Gasteiger partial charge in [-0.25, -0.2) is 9.67 Å². The number of morpholine rings is 1. The number of fused-ring (bicyclic) bond motifs is 1. The monoisotopic (exact) mass is 501 g/mol. The van der Waals surface area contributed by atoms with Crippen molar-refractivity contribution in [2.75, 3.05) is 51.0 Å².